The fourth-order valence-electron chi connectivity index (χ4n) is 2.20. The Bertz CT molecular complexity index is 830. The molecule has 144 valence electrons. The Morgan fingerprint density at radius 2 is 1.89 bits per heavy atom. The van der Waals surface area contributed by atoms with E-state index in [0.29, 0.717) is 11.3 Å². The number of benzene rings is 2. The first-order chi connectivity index (χ1) is 12.8. The molecule has 0 fully saturated rings. The molecular formula is C20H21F3N2O2. The Morgan fingerprint density at radius 1 is 1.22 bits per heavy atom. The van der Waals surface area contributed by atoms with Crippen molar-refractivity contribution < 1.29 is 22.7 Å². The highest BCUT2D eigenvalue weighted by Gasteiger charge is 2.09. The van der Waals surface area contributed by atoms with Gasteiger partial charge in [-0.1, -0.05) is 6.92 Å². The Morgan fingerprint density at radius 3 is 2.52 bits per heavy atom. The molecule has 2 aromatic rings. The van der Waals surface area contributed by atoms with Gasteiger partial charge in [0.2, 0.25) is 5.91 Å². The minimum atomic E-state index is -0.882. The maximum absolute atomic E-state index is 13.4. The fourth-order valence-corrected chi connectivity index (χ4v) is 2.20. The number of anilines is 1. The Balaban J connectivity index is 2.04. The van der Waals surface area contributed by atoms with Crippen molar-refractivity contribution in [2.45, 2.75) is 32.9 Å². The van der Waals surface area contributed by atoms with Crippen molar-refractivity contribution in [1.82, 2.24) is 5.32 Å². The monoisotopic (exact) mass is 378 g/mol. The standard InChI is InChI=1S/C20H21F3N2O2/c1-3-12(2)27-18-10-15(21)6-4-14(18)5-7-19(26)25-11-13-8-16(22)20(24)17(23)9-13/h4-10,12H,3,11,24H2,1-2H3,(H,25,26)/b7-5+. The lowest BCUT2D eigenvalue weighted by molar-refractivity contribution is -0.116. The average molecular weight is 378 g/mol. The molecule has 2 aromatic carbocycles. The molecule has 1 unspecified atom stereocenters. The maximum Gasteiger partial charge on any atom is 0.244 e. The molecule has 0 spiro atoms. The molecule has 0 heterocycles. The lowest BCUT2D eigenvalue weighted by Crippen LogP contribution is -2.20. The van der Waals surface area contributed by atoms with E-state index < -0.39 is 29.0 Å². The Kier molecular flexibility index (Phi) is 6.87. The summed E-state index contributed by atoms with van der Waals surface area (Å²) in [6.45, 7) is 3.72. The van der Waals surface area contributed by atoms with Crippen LogP contribution in [-0.2, 0) is 11.3 Å². The van der Waals surface area contributed by atoms with Crippen LogP contribution in [0.15, 0.2) is 36.4 Å². The fraction of sp³-hybridized carbons (Fsp3) is 0.250. The maximum atomic E-state index is 13.4. The molecule has 0 saturated carbocycles. The van der Waals surface area contributed by atoms with Crippen LogP contribution in [0.5, 0.6) is 5.75 Å². The Hall–Kier alpha value is -2.96. The van der Waals surface area contributed by atoms with E-state index in [1.807, 2.05) is 13.8 Å². The molecule has 1 amide bonds. The molecule has 4 nitrogen and oxygen atoms in total. The molecule has 27 heavy (non-hydrogen) atoms. The zero-order chi connectivity index (χ0) is 20.0. The van der Waals surface area contributed by atoms with E-state index >= 15 is 0 Å². The minimum Gasteiger partial charge on any atom is -0.490 e. The highest BCUT2D eigenvalue weighted by Crippen LogP contribution is 2.23. The molecule has 2 rings (SSSR count). The number of halogens is 3. The van der Waals surface area contributed by atoms with Crippen LogP contribution >= 0.6 is 0 Å². The predicted molar refractivity (Wildman–Crippen MR) is 98.4 cm³/mol. The minimum absolute atomic E-state index is 0.0725. The van der Waals surface area contributed by atoms with Crippen LogP contribution in [0.3, 0.4) is 0 Å². The third kappa shape index (κ3) is 5.77. The van der Waals surface area contributed by atoms with Gasteiger partial charge in [-0.25, -0.2) is 13.2 Å². The van der Waals surface area contributed by atoms with Crippen LogP contribution in [0, 0.1) is 17.5 Å². The van der Waals surface area contributed by atoms with E-state index in [-0.39, 0.29) is 18.2 Å². The summed E-state index contributed by atoms with van der Waals surface area (Å²) in [4.78, 5) is 12.0. The number of rotatable bonds is 7. The molecule has 0 aliphatic carbocycles. The molecule has 0 aromatic heterocycles. The number of nitrogens with one attached hydrogen (secondary N) is 1. The largest absolute Gasteiger partial charge is 0.490 e. The number of amides is 1. The van der Waals surface area contributed by atoms with E-state index in [2.05, 4.69) is 5.32 Å². The van der Waals surface area contributed by atoms with Crippen molar-refractivity contribution in [2.75, 3.05) is 5.73 Å². The number of nitrogen functional groups attached to an aromatic ring is 1. The molecule has 1 atom stereocenters. The van der Waals surface area contributed by atoms with E-state index in [1.54, 1.807) is 0 Å². The second-order valence-electron chi connectivity index (χ2n) is 6.04. The van der Waals surface area contributed by atoms with Gasteiger partial charge >= 0.3 is 0 Å². The molecule has 7 heteroatoms. The van der Waals surface area contributed by atoms with E-state index in [1.165, 1.54) is 30.4 Å². The average Bonchev–Trinajstić information content (AvgIpc) is 2.63. The normalized spacial score (nSPS) is 12.2. The molecule has 0 radical (unpaired) electrons. The number of carbonyl (C=O) groups excluding carboxylic acids is 1. The SMILES string of the molecule is CCC(C)Oc1cc(F)ccc1/C=C/C(=O)NCc1cc(F)c(N)c(F)c1. The highest BCUT2D eigenvalue weighted by molar-refractivity contribution is 5.92. The van der Waals surface area contributed by atoms with Gasteiger partial charge in [0, 0.05) is 24.3 Å². The topological polar surface area (TPSA) is 64.3 Å². The van der Waals surface area contributed by atoms with Gasteiger partial charge in [-0.15, -0.1) is 0 Å². The molecule has 3 N–H and O–H groups in total. The highest BCUT2D eigenvalue weighted by atomic mass is 19.1. The third-order valence-corrected chi connectivity index (χ3v) is 3.90. The van der Waals surface area contributed by atoms with Crippen LogP contribution in [-0.4, -0.2) is 12.0 Å². The number of ether oxygens (including phenoxy) is 1. The molecule has 0 saturated heterocycles. The third-order valence-electron chi connectivity index (χ3n) is 3.90. The Labute approximate surface area is 155 Å². The lowest BCUT2D eigenvalue weighted by Gasteiger charge is -2.14. The summed E-state index contributed by atoms with van der Waals surface area (Å²) in [5.74, 6) is -2.36. The first-order valence-corrected chi connectivity index (χ1v) is 8.45. The summed E-state index contributed by atoms with van der Waals surface area (Å²) in [7, 11) is 0. The van der Waals surface area contributed by atoms with Crippen molar-refractivity contribution in [2.24, 2.45) is 0 Å². The van der Waals surface area contributed by atoms with E-state index in [0.717, 1.165) is 18.6 Å². The zero-order valence-electron chi connectivity index (χ0n) is 15.1. The summed E-state index contributed by atoms with van der Waals surface area (Å²) in [6.07, 6.45) is 3.36. The van der Waals surface area contributed by atoms with Crippen LogP contribution in [0.25, 0.3) is 6.08 Å². The number of carbonyl (C=O) groups is 1. The summed E-state index contributed by atoms with van der Waals surface area (Å²) in [6, 6.07) is 6.13. The van der Waals surface area contributed by atoms with Gasteiger partial charge < -0.3 is 15.8 Å². The number of hydrogen-bond donors (Lipinski definition) is 2. The first-order valence-electron chi connectivity index (χ1n) is 8.45. The van der Waals surface area contributed by atoms with Gasteiger partial charge in [-0.3, -0.25) is 4.79 Å². The second-order valence-corrected chi connectivity index (χ2v) is 6.04. The van der Waals surface area contributed by atoms with Crippen LogP contribution in [0.4, 0.5) is 18.9 Å². The predicted octanol–water partition coefficient (Wildman–Crippen LogP) is 4.19. The quantitative estimate of drug-likeness (QED) is 0.561. The molecule has 0 bridgehead atoms. The number of nitrogens with two attached hydrogens (primary N) is 1. The van der Waals surface area contributed by atoms with Gasteiger partial charge in [-0.2, -0.15) is 0 Å². The number of hydrogen-bond acceptors (Lipinski definition) is 3. The van der Waals surface area contributed by atoms with Crippen molar-refractivity contribution in [3.63, 3.8) is 0 Å². The van der Waals surface area contributed by atoms with E-state index in [4.69, 9.17) is 10.5 Å². The second kappa shape index (κ2) is 9.12. The van der Waals surface area contributed by atoms with Gasteiger partial charge in [0.05, 0.1) is 6.10 Å². The van der Waals surface area contributed by atoms with Gasteiger partial charge in [0.25, 0.3) is 0 Å². The summed E-state index contributed by atoms with van der Waals surface area (Å²) in [5, 5.41) is 2.51. The molecular weight excluding hydrogens is 357 g/mol. The van der Waals surface area contributed by atoms with Crippen molar-refractivity contribution in [1.29, 1.82) is 0 Å². The van der Waals surface area contributed by atoms with Gasteiger partial charge in [-0.05, 0) is 49.2 Å². The summed E-state index contributed by atoms with van der Waals surface area (Å²) < 4.78 is 45.9. The summed E-state index contributed by atoms with van der Waals surface area (Å²) >= 11 is 0. The van der Waals surface area contributed by atoms with Crippen LogP contribution in [0.2, 0.25) is 0 Å². The van der Waals surface area contributed by atoms with Crippen molar-refractivity contribution >= 4 is 17.7 Å². The first kappa shape index (κ1) is 20.4. The van der Waals surface area contributed by atoms with Crippen LogP contribution < -0.4 is 15.8 Å². The van der Waals surface area contributed by atoms with Gasteiger partial charge in [0.15, 0.2) is 0 Å². The zero-order valence-corrected chi connectivity index (χ0v) is 15.1. The van der Waals surface area contributed by atoms with Crippen LogP contribution in [0.1, 0.15) is 31.4 Å². The van der Waals surface area contributed by atoms with Gasteiger partial charge in [0.1, 0.15) is 28.9 Å². The van der Waals surface area contributed by atoms with Crippen molar-refractivity contribution in [3.8, 4) is 5.75 Å². The molecule has 0 aliphatic heterocycles. The lowest BCUT2D eigenvalue weighted by atomic mass is 10.1. The van der Waals surface area contributed by atoms with Crippen molar-refractivity contribution in [3.05, 3.63) is 65.0 Å². The van der Waals surface area contributed by atoms with E-state index in [9.17, 15) is 18.0 Å². The smallest absolute Gasteiger partial charge is 0.244 e. The summed E-state index contributed by atoms with van der Waals surface area (Å²) in [5.41, 5.74) is 5.42. The molecule has 0 aliphatic rings.